The quantitative estimate of drug-likeness (QED) is 0.615. The zero-order valence-electron chi connectivity index (χ0n) is 13.4. The summed E-state index contributed by atoms with van der Waals surface area (Å²) >= 11 is 13.2. The molecule has 0 aliphatic rings. The van der Waals surface area contributed by atoms with Gasteiger partial charge in [0, 0.05) is 12.3 Å². The van der Waals surface area contributed by atoms with E-state index in [1.165, 1.54) is 23.5 Å². The van der Waals surface area contributed by atoms with E-state index in [1.807, 2.05) is 0 Å². The molecule has 2 aromatic carbocycles. The van der Waals surface area contributed by atoms with Gasteiger partial charge in [-0.15, -0.1) is 0 Å². The Bertz CT molecular complexity index is 1140. The number of carbonyl (C=O) groups is 1. The SMILES string of the molecule is CS(=O)(=O)c1ccc2nc(NC(=O)/C=C/c3cccc(Cl)c3Cl)sc2c1. The van der Waals surface area contributed by atoms with Crippen LogP contribution in [-0.4, -0.2) is 25.6 Å². The summed E-state index contributed by atoms with van der Waals surface area (Å²) in [5.41, 5.74) is 1.23. The van der Waals surface area contributed by atoms with Crippen LogP contribution >= 0.6 is 34.5 Å². The maximum Gasteiger partial charge on any atom is 0.250 e. The molecule has 3 aromatic rings. The topological polar surface area (TPSA) is 76.1 Å². The Morgan fingerprint density at radius 3 is 2.73 bits per heavy atom. The number of sulfone groups is 1. The second-order valence-electron chi connectivity index (χ2n) is 5.39. The smallest absolute Gasteiger partial charge is 0.250 e. The number of fused-ring (bicyclic) bond motifs is 1. The van der Waals surface area contributed by atoms with Crippen molar-refractivity contribution in [3.05, 3.63) is 58.1 Å². The number of nitrogens with one attached hydrogen (secondary N) is 1. The minimum absolute atomic E-state index is 0.210. The number of carbonyl (C=O) groups excluding carboxylic acids is 1. The van der Waals surface area contributed by atoms with Crippen molar-refractivity contribution < 1.29 is 13.2 Å². The molecule has 0 fully saturated rings. The first-order valence-corrected chi connectivity index (χ1v) is 10.7. The largest absolute Gasteiger partial charge is 0.298 e. The molecule has 1 N–H and O–H groups in total. The molecule has 0 aliphatic carbocycles. The summed E-state index contributed by atoms with van der Waals surface area (Å²) in [6, 6.07) is 9.78. The average Bonchev–Trinajstić information content (AvgIpc) is 2.96. The highest BCUT2D eigenvalue weighted by Crippen LogP contribution is 2.29. The van der Waals surface area contributed by atoms with E-state index in [4.69, 9.17) is 23.2 Å². The van der Waals surface area contributed by atoms with Gasteiger partial charge in [-0.05, 0) is 35.9 Å². The van der Waals surface area contributed by atoms with E-state index in [0.717, 1.165) is 6.26 Å². The highest BCUT2D eigenvalue weighted by atomic mass is 35.5. The van der Waals surface area contributed by atoms with Crippen LogP contribution in [0.1, 0.15) is 5.56 Å². The number of nitrogens with zero attached hydrogens (tertiary/aromatic N) is 1. The molecule has 0 spiro atoms. The Morgan fingerprint density at radius 2 is 2.00 bits per heavy atom. The van der Waals surface area contributed by atoms with E-state index in [-0.39, 0.29) is 10.8 Å². The van der Waals surface area contributed by atoms with E-state index in [1.54, 1.807) is 36.4 Å². The number of rotatable bonds is 4. The fraction of sp³-hybridized carbons (Fsp3) is 0.0588. The van der Waals surface area contributed by atoms with Crippen molar-refractivity contribution in [2.24, 2.45) is 0 Å². The molecule has 0 unspecified atom stereocenters. The normalized spacial score (nSPS) is 12.0. The Kier molecular flexibility index (Phi) is 5.34. The van der Waals surface area contributed by atoms with Crippen molar-refractivity contribution in [1.29, 1.82) is 0 Å². The molecular weight excluding hydrogens is 415 g/mol. The number of benzene rings is 2. The predicted octanol–water partition coefficient (Wildman–Crippen LogP) is 4.66. The van der Waals surface area contributed by atoms with E-state index in [0.29, 0.717) is 31.0 Å². The Morgan fingerprint density at radius 1 is 1.23 bits per heavy atom. The number of thiazole rings is 1. The molecule has 26 heavy (non-hydrogen) atoms. The molecule has 1 heterocycles. The first kappa shape index (κ1) is 18.8. The van der Waals surface area contributed by atoms with Gasteiger partial charge in [0.25, 0.3) is 0 Å². The average molecular weight is 427 g/mol. The zero-order chi connectivity index (χ0) is 18.9. The highest BCUT2D eigenvalue weighted by molar-refractivity contribution is 7.90. The van der Waals surface area contributed by atoms with Crippen LogP contribution in [0.25, 0.3) is 16.3 Å². The highest BCUT2D eigenvalue weighted by Gasteiger charge is 2.11. The minimum Gasteiger partial charge on any atom is -0.298 e. The summed E-state index contributed by atoms with van der Waals surface area (Å²) < 4.78 is 23.9. The van der Waals surface area contributed by atoms with Gasteiger partial charge < -0.3 is 0 Å². The molecule has 0 atom stereocenters. The maximum atomic E-state index is 12.1. The molecule has 0 saturated heterocycles. The predicted molar refractivity (Wildman–Crippen MR) is 107 cm³/mol. The first-order chi connectivity index (χ1) is 12.2. The molecule has 5 nitrogen and oxygen atoms in total. The molecular formula is C17H12Cl2N2O3S2. The van der Waals surface area contributed by atoms with Gasteiger partial charge in [0.05, 0.1) is 25.2 Å². The van der Waals surface area contributed by atoms with Crippen molar-refractivity contribution in [2.75, 3.05) is 11.6 Å². The number of halogens is 2. The van der Waals surface area contributed by atoms with Crippen LogP contribution in [0.2, 0.25) is 10.0 Å². The van der Waals surface area contributed by atoms with Gasteiger partial charge in [0.1, 0.15) is 0 Å². The van der Waals surface area contributed by atoms with Gasteiger partial charge >= 0.3 is 0 Å². The second kappa shape index (κ2) is 7.36. The van der Waals surface area contributed by atoms with Crippen LogP contribution in [0.15, 0.2) is 47.4 Å². The lowest BCUT2D eigenvalue weighted by Gasteiger charge is -2.00. The molecule has 0 radical (unpaired) electrons. The lowest BCUT2D eigenvalue weighted by atomic mass is 10.2. The lowest BCUT2D eigenvalue weighted by molar-refractivity contribution is -0.111. The molecule has 0 saturated carbocycles. The fourth-order valence-electron chi connectivity index (χ4n) is 2.15. The summed E-state index contributed by atoms with van der Waals surface area (Å²) in [4.78, 5) is 16.6. The van der Waals surface area contributed by atoms with Crippen molar-refractivity contribution in [1.82, 2.24) is 4.98 Å². The number of amides is 1. The van der Waals surface area contributed by atoms with Gasteiger partial charge in [-0.25, -0.2) is 13.4 Å². The van der Waals surface area contributed by atoms with Gasteiger partial charge in [-0.3, -0.25) is 10.1 Å². The van der Waals surface area contributed by atoms with Gasteiger partial charge in [-0.1, -0.05) is 46.7 Å². The van der Waals surface area contributed by atoms with Crippen LogP contribution in [-0.2, 0) is 14.6 Å². The molecule has 9 heteroatoms. The number of hydrogen-bond donors (Lipinski definition) is 1. The zero-order valence-corrected chi connectivity index (χ0v) is 16.5. The van der Waals surface area contributed by atoms with Crippen LogP contribution in [0.4, 0.5) is 5.13 Å². The molecule has 3 rings (SSSR count). The Hall–Kier alpha value is -1.93. The third-order valence-corrected chi connectivity index (χ3v) is 6.29. The molecule has 1 amide bonds. The molecule has 0 aliphatic heterocycles. The van der Waals surface area contributed by atoms with Gasteiger partial charge in [0.2, 0.25) is 5.91 Å². The standard InChI is InChI=1S/C17H12Cl2N2O3S2/c1-26(23,24)11-6-7-13-14(9-11)25-17(20-13)21-15(22)8-5-10-3-2-4-12(18)16(10)19/h2-9H,1H3,(H,20,21,22)/b8-5+. The molecule has 0 bridgehead atoms. The van der Waals surface area contributed by atoms with Crippen molar-refractivity contribution >= 4 is 71.7 Å². The Balaban J connectivity index is 1.79. The summed E-state index contributed by atoms with van der Waals surface area (Å²) in [5, 5.41) is 3.79. The molecule has 1 aromatic heterocycles. The van der Waals surface area contributed by atoms with Crippen molar-refractivity contribution in [2.45, 2.75) is 4.90 Å². The van der Waals surface area contributed by atoms with E-state index in [2.05, 4.69) is 10.3 Å². The van der Waals surface area contributed by atoms with Crippen LogP contribution < -0.4 is 5.32 Å². The second-order valence-corrected chi connectivity index (χ2v) is 9.22. The van der Waals surface area contributed by atoms with Crippen molar-refractivity contribution in [3.8, 4) is 0 Å². The van der Waals surface area contributed by atoms with Gasteiger partial charge in [-0.2, -0.15) is 0 Å². The third kappa shape index (κ3) is 4.24. The summed E-state index contributed by atoms with van der Waals surface area (Å²) in [6.07, 6.45) is 4.02. The number of anilines is 1. The summed E-state index contributed by atoms with van der Waals surface area (Å²) in [5.74, 6) is -0.386. The third-order valence-electron chi connectivity index (χ3n) is 3.41. The van der Waals surface area contributed by atoms with E-state index < -0.39 is 9.84 Å². The number of hydrogen-bond acceptors (Lipinski definition) is 5. The Labute approximate surface area is 164 Å². The first-order valence-electron chi connectivity index (χ1n) is 7.28. The van der Waals surface area contributed by atoms with Crippen LogP contribution in [0.3, 0.4) is 0 Å². The summed E-state index contributed by atoms with van der Waals surface area (Å²) in [7, 11) is -3.30. The van der Waals surface area contributed by atoms with Crippen LogP contribution in [0, 0.1) is 0 Å². The monoisotopic (exact) mass is 426 g/mol. The van der Waals surface area contributed by atoms with Crippen molar-refractivity contribution in [3.63, 3.8) is 0 Å². The van der Waals surface area contributed by atoms with Gasteiger partial charge in [0.15, 0.2) is 15.0 Å². The number of aromatic nitrogens is 1. The fourth-order valence-corrected chi connectivity index (χ4v) is 4.15. The van der Waals surface area contributed by atoms with Crippen LogP contribution in [0.5, 0.6) is 0 Å². The maximum absolute atomic E-state index is 12.1. The minimum atomic E-state index is -3.30. The van der Waals surface area contributed by atoms with E-state index in [9.17, 15) is 13.2 Å². The molecule has 134 valence electrons. The van der Waals surface area contributed by atoms with E-state index >= 15 is 0 Å². The lowest BCUT2D eigenvalue weighted by Crippen LogP contribution is -2.07. The summed E-state index contributed by atoms with van der Waals surface area (Å²) in [6.45, 7) is 0.